The number of nitrogens with one attached hydrogen (secondary N) is 2. The minimum Gasteiger partial charge on any atom is -0.403 e. The average Bonchev–Trinajstić information content (AvgIpc) is 3.14. The van der Waals surface area contributed by atoms with Gasteiger partial charge in [-0.2, -0.15) is 0 Å². The Bertz CT molecular complexity index is 1230. The van der Waals surface area contributed by atoms with Crippen LogP contribution in [0.1, 0.15) is 63.7 Å². The highest BCUT2D eigenvalue weighted by Gasteiger charge is 2.50. The van der Waals surface area contributed by atoms with Crippen molar-refractivity contribution in [2.75, 3.05) is 5.32 Å². The molecular weight excluding hydrogens is 487 g/mol. The van der Waals surface area contributed by atoms with Crippen LogP contribution in [0.4, 0.5) is 5.69 Å². The van der Waals surface area contributed by atoms with E-state index in [0.717, 1.165) is 36.7 Å². The first-order chi connectivity index (χ1) is 18.6. The van der Waals surface area contributed by atoms with Gasteiger partial charge in [0.15, 0.2) is 0 Å². The van der Waals surface area contributed by atoms with E-state index in [0.29, 0.717) is 17.7 Å². The zero-order chi connectivity index (χ0) is 27.9. The van der Waals surface area contributed by atoms with Crippen molar-refractivity contribution in [1.82, 2.24) is 5.32 Å². The van der Waals surface area contributed by atoms with Crippen LogP contribution in [-0.2, 0) is 14.1 Å². The van der Waals surface area contributed by atoms with Crippen molar-refractivity contribution in [1.29, 1.82) is 0 Å². The Morgan fingerprint density at radius 1 is 0.769 bits per heavy atom. The third-order valence-corrected chi connectivity index (χ3v) is 7.63. The minimum atomic E-state index is -0.657. The Morgan fingerprint density at radius 2 is 1.38 bits per heavy atom. The normalized spacial score (nSPS) is 16.5. The number of hydrogen-bond donors (Lipinski definition) is 2. The molecule has 0 aliphatic carbocycles. The molecule has 2 amide bonds. The lowest BCUT2D eigenvalue weighted by Crippen LogP contribution is -2.43. The summed E-state index contributed by atoms with van der Waals surface area (Å²) < 4.78 is 12.2. The molecule has 1 aliphatic heterocycles. The largest absolute Gasteiger partial charge is 0.457 e. The van der Waals surface area contributed by atoms with Gasteiger partial charge < -0.3 is 19.9 Å². The molecule has 1 saturated heterocycles. The molecule has 1 fully saturated rings. The van der Waals surface area contributed by atoms with Crippen molar-refractivity contribution in [2.24, 2.45) is 0 Å². The van der Waals surface area contributed by atoms with Crippen LogP contribution in [0.25, 0.3) is 11.1 Å². The van der Waals surface area contributed by atoms with Crippen LogP contribution < -0.4 is 10.6 Å². The second-order valence-corrected chi connectivity index (χ2v) is 11.2. The molecule has 3 aromatic carbocycles. The van der Waals surface area contributed by atoms with E-state index >= 15 is 0 Å². The fourth-order valence-corrected chi connectivity index (χ4v) is 4.66. The van der Waals surface area contributed by atoms with E-state index in [4.69, 9.17) is 9.31 Å². The van der Waals surface area contributed by atoms with Crippen molar-refractivity contribution < 1.29 is 18.9 Å². The lowest BCUT2D eigenvalue weighted by molar-refractivity contribution is -0.118. The second kappa shape index (κ2) is 12.6. The van der Waals surface area contributed by atoms with E-state index in [1.165, 1.54) is 0 Å². The number of hydrogen-bond acceptors (Lipinski definition) is 4. The molecule has 1 unspecified atom stereocenters. The van der Waals surface area contributed by atoms with Gasteiger partial charge in [0.25, 0.3) is 5.91 Å². The maximum atomic E-state index is 13.4. The molecule has 0 radical (unpaired) electrons. The van der Waals surface area contributed by atoms with Crippen LogP contribution >= 0.6 is 0 Å². The summed E-state index contributed by atoms with van der Waals surface area (Å²) in [6.07, 6.45) is 3.94. The molecule has 204 valence electrons. The van der Waals surface area contributed by atoms with Crippen LogP contribution in [0.2, 0.25) is 6.32 Å². The fourth-order valence-electron chi connectivity index (χ4n) is 4.66. The van der Waals surface area contributed by atoms with Gasteiger partial charge in [0, 0.05) is 11.3 Å². The van der Waals surface area contributed by atoms with Crippen LogP contribution in [0.5, 0.6) is 0 Å². The maximum absolute atomic E-state index is 13.4. The van der Waals surface area contributed by atoms with Crippen molar-refractivity contribution in [3.8, 4) is 11.1 Å². The predicted molar refractivity (Wildman–Crippen MR) is 158 cm³/mol. The number of rotatable bonds is 11. The molecule has 6 nitrogen and oxygen atoms in total. The highest BCUT2D eigenvalue weighted by atomic mass is 16.7. The van der Waals surface area contributed by atoms with Crippen molar-refractivity contribution in [3.05, 3.63) is 90.5 Å². The minimum absolute atomic E-state index is 0.219. The highest BCUT2D eigenvalue weighted by molar-refractivity contribution is 6.45. The van der Waals surface area contributed by atoms with Gasteiger partial charge in [0.1, 0.15) is 6.04 Å². The number of benzene rings is 3. The summed E-state index contributed by atoms with van der Waals surface area (Å²) in [5.41, 5.74) is 2.65. The summed E-state index contributed by atoms with van der Waals surface area (Å²) in [6, 6.07) is 26.1. The van der Waals surface area contributed by atoms with E-state index in [1.807, 2.05) is 72.8 Å². The molecule has 0 spiro atoms. The average molecular weight is 526 g/mol. The first-order valence-electron chi connectivity index (χ1n) is 13.8. The zero-order valence-electron chi connectivity index (χ0n) is 23.4. The monoisotopic (exact) mass is 526 g/mol. The molecule has 0 bridgehead atoms. The van der Waals surface area contributed by atoms with Gasteiger partial charge in [0.2, 0.25) is 5.91 Å². The van der Waals surface area contributed by atoms with Crippen molar-refractivity contribution in [2.45, 2.75) is 76.9 Å². The van der Waals surface area contributed by atoms with E-state index < -0.39 is 6.04 Å². The molecule has 7 heteroatoms. The molecule has 3 aromatic rings. The quantitative estimate of drug-likeness (QED) is 0.214. The highest BCUT2D eigenvalue weighted by Crippen LogP contribution is 2.38. The topological polar surface area (TPSA) is 76.7 Å². The van der Waals surface area contributed by atoms with Crippen molar-refractivity contribution >= 4 is 24.6 Å². The summed E-state index contributed by atoms with van der Waals surface area (Å²) in [5, 5.41) is 5.97. The van der Waals surface area contributed by atoms with E-state index in [2.05, 4.69) is 38.3 Å². The molecular formula is C32H39BN2O4. The molecule has 2 N–H and O–H groups in total. The lowest BCUT2D eigenvalue weighted by Gasteiger charge is -2.32. The number of unbranched alkanes of at least 4 members (excludes halogenated alkanes) is 2. The molecule has 1 atom stereocenters. The summed E-state index contributed by atoms with van der Waals surface area (Å²) >= 11 is 0. The van der Waals surface area contributed by atoms with Crippen LogP contribution in [0.3, 0.4) is 0 Å². The summed E-state index contributed by atoms with van der Waals surface area (Å²) in [4.78, 5) is 26.3. The Hall–Kier alpha value is -3.42. The predicted octanol–water partition coefficient (Wildman–Crippen LogP) is 6.74. The number of amides is 2. The van der Waals surface area contributed by atoms with Gasteiger partial charge in [-0.15, -0.1) is 0 Å². The molecule has 0 aromatic heterocycles. The van der Waals surface area contributed by atoms with Gasteiger partial charge in [-0.1, -0.05) is 79.9 Å². The smallest absolute Gasteiger partial charge is 0.403 e. The molecule has 39 heavy (non-hydrogen) atoms. The number of carbonyl (C=O) groups excluding carboxylic acids is 2. The van der Waals surface area contributed by atoms with E-state index in [1.54, 1.807) is 12.1 Å². The van der Waals surface area contributed by atoms with E-state index in [-0.39, 0.29) is 30.1 Å². The zero-order valence-corrected chi connectivity index (χ0v) is 23.4. The summed E-state index contributed by atoms with van der Waals surface area (Å²) in [5.74, 6) is -0.485. The van der Waals surface area contributed by atoms with Crippen LogP contribution in [0, 0.1) is 0 Å². The Morgan fingerprint density at radius 3 is 2.05 bits per heavy atom. The SMILES string of the molecule is CC1(C)OB(CCCCCC(NC(=O)c2ccccc2)C(=O)Nc2cccc(-c3ccccc3)c2)OC1(C)C. The lowest BCUT2D eigenvalue weighted by atomic mass is 9.82. The summed E-state index contributed by atoms with van der Waals surface area (Å²) in [7, 11) is -0.219. The first-order valence-corrected chi connectivity index (χ1v) is 13.8. The van der Waals surface area contributed by atoms with Gasteiger partial charge in [0.05, 0.1) is 11.2 Å². The second-order valence-electron chi connectivity index (χ2n) is 11.2. The number of carbonyl (C=O) groups is 2. The third-order valence-electron chi connectivity index (χ3n) is 7.63. The molecule has 0 saturated carbocycles. The van der Waals surface area contributed by atoms with Gasteiger partial charge in [-0.25, -0.2) is 0 Å². The Labute approximate surface area is 232 Å². The summed E-state index contributed by atoms with van der Waals surface area (Å²) in [6.45, 7) is 8.23. The van der Waals surface area contributed by atoms with Gasteiger partial charge in [-0.05, 0) is 75.8 Å². The Balaban J connectivity index is 1.36. The van der Waals surface area contributed by atoms with Crippen LogP contribution in [0.15, 0.2) is 84.9 Å². The fraction of sp³-hybridized carbons (Fsp3) is 0.375. The van der Waals surface area contributed by atoms with Crippen LogP contribution in [-0.4, -0.2) is 36.2 Å². The Kier molecular flexibility index (Phi) is 9.26. The molecule has 1 aliphatic rings. The number of anilines is 1. The first kappa shape index (κ1) is 28.6. The molecule has 1 heterocycles. The van der Waals surface area contributed by atoms with Gasteiger partial charge in [-0.3, -0.25) is 9.59 Å². The third kappa shape index (κ3) is 7.58. The van der Waals surface area contributed by atoms with Crippen molar-refractivity contribution in [3.63, 3.8) is 0 Å². The molecule has 4 rings (SSSR count). The maximum Gasteiger partial charge on any atom is 0.457 e. The standard InChI is InChI=1S/C32H39BN2O4/c1-31(2)32(3,4)39-33(38-31)22-13-7-12-21-28(35-29(36)25-17-10-6-11-18-25)30(37)34-27-20-14-19-26(23-27)24-15-8-5-9-16-24/h5-6,8-11,14-20,23,28H,7,12-13,21-22H2,1-4H3,(H,34,37)(H,35,36). The van der Waals surface area contributed by atoms with E-state index in [9.17, 15) is 9.59 Å². The van der Waals surface area contributed by atoms with Gasteiger partial charge >= 0.3 is 7.12 Å².